The predicted octanol–water partition coefficient (Wildman–Crippen LogP) is 4.72. The lowest BCUT2D eigenvalue weighted by molar-refractivity contribution is 0.331. The van der Waals surface area contributed by atoms with Crippen molar-refractivity contribution in [2.45, 2.75) is 25.9 Å². The van der Waals surface area contributed by atoms with Gasteiger partial charge in [0.2, 0.25) is 0 Å². The Bertz CT molecular complexity index is 544. The van der Waals surface area contributed by atoms with Gasteiger partial charge in [0.15, 0.2) is 0 Å². The fourth-order valence-corrected chi connectivity index (χ4v) is 3.99. The second-order valence-electron chi connectivity index (χ2n) is 5.23. The first-order valence-corrected chi connectivity index (χ1v) is 8.75. The van der Waals surface area contributed by atoms with Crippen molar-refractivity contribution in [1.29, 1.82) is 0 Å². The summed E-state index contributed by atoms with van der Waals surface area (Å²) in [7, 11) is 0. The number of likely N-dealkylation sites (tertiary alicyclic amines) is 1. The third kappa shape index (κ3) is 3.62. The number of nitrogens with one attached hydrogen (secondary N) is 1. The molecule has 1 fully saturated rings. The van der Waals surface area contributed by atoms with Crippen LogP contribution in [-0.2, 0) is 13.1 Å². The summed E-state index contributed by atoms with van der Waals surface area (Å²) in [5.74, 6) is 0. The minimum absolute atomic E-state index is 0.879. The zero-order valence-corrected chi connectivity index (χ0v) is 13.8. The fourth-order valence-electron chi connectivity index (χ4n) is 2.56. The Kier molecular flexibility index (Phi) is 4.76. The molecule has 0 atom stereocenters. The Hall–Kier alpha value is -0.840. The minimum Gasteiger partial charge on any atom is -0.380 e. The molecule has 0 unspecified atom stereocenters. The van der Waals surface area contributed by atoms with Crippen LogP contribution in [0.2, 0.25) is 0 Å². The third-order valence-corrected chi connectivity index (χ3v) is 5.63. The number of hydrogen-bond acceptors (Lipinski definition) is 3. The maximum Gasteiger partial charge on any atom is 0.0505 e. The molecule has 106 valence electrons. The monoisotopic (exact) mass is 350 g/mol. The molecule has 3 rings (SSSR count). The zero-order chi connectivity index (χ0) is 13.8. The van der Waals surface area contributed by atoms with E-state index in [9.17, 15) is 0 Å². The second-order valence-corrected chi connectivity index (χ2v) is 7.08. The molecule has 2 nitrogen and oxygen atoms in total. The zero-order valence-electron chi connectivity index (χ0n) is 11.4. The Morgan fingerprint density at radius 3 is 2.50 bits per heavy atom. The number of nitrogens with zero attached hydrogens (tertiary/aromatic N) is 1. The van der Waals surface area contributed by atoms with Gasteiger partial charge in [-0.15, -0.1) is 11.3 Å². The normalized spacial score (nSPS) is 15.7. The first-order chi connectivity index (χ1) is 9.81. The van der Waals surface area contributed by atoms with Crippen LogP contribution in [-0.4, -0.2) is 18.0 Å². The van der Waals surface area contributed by atoms with Gasteiger partial charge in [-0.2, -0.15) is 0 Å². The summed E-state index contributed by atoms with van der Waals surface area (Å²) < 4.78 is 1.20. The summed E-state index contributed by atoms with van der Waals surface area (Å²) in [6, 6.07) is 11.0. The van der Waals surface area contributed by atoms with E-state index in [4.69, 9.17) is 0 Å². The maximum absolute atomic E-state index is 3.57. The minimum atomic E-state index is 0.879. The van der Waals surface area contributed by atoms with Crippen molar-refractivity contribution in [3.05, 3.63) is 50.6 Å². The highest BCUT2D eigenvalue weighted by molar-refractivity contribution is 9.10. The summed E-state index contributed by atoms with van der Waals surface area (Å²) in [4.78, 5) is 3.87. The molecular formula is C16H19BrN2S. The molecule has 2 heterocycles. The molecule has 1 aliphatic heterocycles. The van der Waals surface area contributed by atoms with Gasteiger partial charge in [0, 0.05) is 21.6 Å². The molecule has 0 bridgehead atoms. The lowest BCUT2D eigenvalue weighted by atomic mass is 10.2. The van der Waals surface area contributed by atoms with Gasteiger partial charge in [-0.25, -0.2) is 0 Å². The Labute approximate surface area is 132 Å². The average Bonchev–Trinajstić information content (AvgIpc) is 3.10. The molecule has 1 aromatic heterocycles. The van der Waals surface area contributed by atoms with Crippen molar-refractivity contribution in [3.63, 3.8) is 0 Å². The molecule has 1 saturated heterocycles. The smallest absolute Gasteiger partial charge is 0.0505 e. The fraction of sp³-hybridized carbons (Fsp3) is 0.375. The van der Waals surface area contributed by atoms with Gasteiger partial charge in [0.1, 0.15) is 0 Å². The van der Waals surface area contributed by atoms with Crippen molar-refractivity contribution in [2.75, 3.05) is 18.4 Å². The highest BCUT2D eigenvalue weighted by Crippen LogP contribution is 2.24. The maximum atomic E-state index is 3.57. The molecule has 1 aromatic carbocycles. The SMILES string of the molecule is Brc1ccsc1CNc1ccc(CN2CCCC2)cc1. The second kappa shape index (κ2) is 6.74. The third-order valence-electron chi connectivity index (χ3n) is 3.70. The molecule has 20 heavy (non-hydrogen) atoms. The van der Waals surface area contributed by atoms with Gasteiger partial charge in [-0.05, 0) is 71.0 Å². The molecule has 0 aliphatic carbocycles. The first kappa shape index (κ1) is 14.1. The van der Waals surface area contributed by atoms with E-state index in [1.54, 1.807) is 11.3 Å². The van der Waals surface area contributed by atoms with E-state index in [1.807, 2.05) is 0 Å². The van der Waals surface area contributed by atoms with E-state index in [0.717, 1.165) is 13.1 Å². The Morgan fingerprint density at radius 1 is 1.10 bits per heavy atom. The van der Waals surface area contributed by atoms with Crippen LogP contribution in [0.3, 0.4) is 0 Å². The average molecular weight is 351 g/mol. The first-order valence-electron chi connectivity index (χ1n) is 7.08. The summed E-state index contributed by atoms with van der Waals surface area (Å²) in [6.07, 6.45) is 2.71. The summed E-state index contributed by atoms with van der Waals surface area (Å²) in [5, 5.41) is 5.59. The van der Waals surface area contributed by atoms with Crippen LogP contribution < -0.4 is 5.32 Å². The van der Waals surface area contributed by atoms with E-state index >= 15 is 0 Å². The number of benzene rings is 1. The predicted molar refractivity (Wildman–Crippen MR) is 90.3 cm³/mol. The van der Waals surface area contributed by atoms with E-state index in [1.165, 1.54) is 46.5 Å². The van der Waals surface area contributed by atoms with Crippen molar-refractivity contribution >= 4 is 33.0 Å². The highest BCUT2D eigenvalue weighted by atomic mass is 79.9. The Balaban J connectivity index is 1.54. The number of thiophene rings is 1. The molecule has 0 saturated carbocycles. The molecular weight excluding hydrogens is 332 g/mol. The quantitative estimate of drug-likeness (QED) is 0.839. The van der Waals surface area contributed by atoms with Gasteiger partial charge < -0.3 is 5.32 Å². The largest absolute Gasteiger partial charge is 0.380 e. The lowest BCUT2D eigenvalue weighted by Crippen LogP contribution is -2.18. The topological polar surface area (TPSA) is 15.3 Å². The van der Waals surface area contributed by atoms with Gasteiger partial charge in [-0.3, -0.25) is 4.90 Å². The summed E-state index contributed by atoms with van der Waals surface area (Å²) in [6.45, 7) is 4.49. The van der Waals surface area contributed by atoms with E-state index in [0.29, 0.717) is 0 Å². The number of rotatable bonds is 5. The summed E-state index contributed by atoms with van der Waals surface area (Å²) >= 11 is 5.34. The van der Waals surface area contributed by atoms with Crippen molar-refractivity contribution in [3.8, 4) is 0 Å². The van der Waals surface area contributed by atoms with Crippen LogP contribution in [0, 0.1) is 0 Å². The van der Waals surface area contributed by atoms with Crippen LogP contribution in [0.5, 0.6) is 0 Å². The van der Waals surface area contributed by atoms with Crippen LogP contribution in [0.15, 0.2) is 40.2 Å². The molecule has 1 N–H and O–H groups in total. The van der Waals surface area contributed by atoms with Gasteiger partial charge in [0.05, 0.1) is 6.54 Å². The number of hydrogen-bond donors (Lipinski definition) is 1. The van der Waals surface area contributed by atoms with Crippen molar-refractivity contribution in [2.24, 2.45) is 0 Å². The van der Waals surface area contributed by atoms with Crippen molar-refractivity contribution < 1.29 is 0 Å². The van der Waals surface area contributed by atoms with Crippen LogP contribution in [0.25, 0.3) is 0 Å². The number of anilines is 1. The van der Waals surface area contributed by atoms with Gasteiger partial charge in [-0.1, -0.05) is 12.1 Å². The molecule has 1 aliphatic rings. The molecule has 2 aromatic rings. The Morgan fingerprint density at radius 2 is 1.85 bits per heavy atom. The van der Waals surface area contributed by atoms with E-state index in [2.05, 4.69) is 61.9 Å². The number of halogens is 1. The van der Waals surface area contributed by atoms with Crippen LogP contribution >= 0.6 is 27.3 Å². The standard InChI is InChI=1S/C16H19BrN2S/c17-15-7-10-20-16(15)11-18-14-5-3-13(4-6-14)12-19-8-1-2-9-19/h3-7,10,18H,1-2,8-9,11-12H2. The van der Waals surface area contributed by atoms with Gasteiger partial charge >= 0.3 is 0 Å². The summed E-state index contributed by atoms with van der Waals surface area (Å²) in [5.41, 5.74) is 2.60. The van der Waals surface area contributed by atoms with Crippen LogP contribution in [0.1, 0.15) is 23.3 Å². The van der Waals surface area contributed by atoms with E-state index < -0.39 is 0 Å². The molecule has 0 amide bonds. The molecule has 0 spiro atoms. The lowest BCUT2D eigenvalue weighted by Gasteiger charge is -2.15. The van der Waals surface area contributed by atoms with Crippen molar-refractivity contribution in [1.82, 2.24) is 4.90 Å². The molecule has 4 heteroatoms. The van der Waals surface area contributed by atoms with Gasteiger partial charge in [0.25, 0.3) is 0 Å². The van der Waals surface area contributed by atoms with E-state index in [-0.39, 0.29) is 0 Å². The highest BCUT2D eigenvalue weighted by Gasteiger charge is 2.11. The molecule has 0 radical (unpaired) electrons. The van der Waals surface area contributed by atoms with Crippen LogP contribution in [0.4, 0.5) is 5.69 Å².